The molecule has 0 aliphatic carbocycles. The number of rotatable bonds is 6. The van der Waals surface area contributed by atoms with Crippen LogP contribution in [0.5, 0.6) is 0 Å². The number of hydrogen-bond donors (Lipinski definition) is 2. The van der Waals surface area contributed by atoms with Gasteiger partial charge in [-0.15, -0.1) is 35.3 Å². The van der Waals surface area contributed by atoms with Crippen LogP contribution in [0.3, 0.4) is 0 Å². The standard InChI is InChI=1S/C18H26N4S.HI/c1-13(2)17-22-16(12-23-17)9-10-20-18(19-4)21-11-15-7-5-14(3)6-8-15;/h5-8,12-13H,9-11H2,1-4H3,(H2,19,20,21);1H. The van der Waals surface area contributed by atoms with Crippen molar-refractivity contribution in [2.24, 2.45) is 4.99 Å². The Hall–Kier alpha value is -1.15. The smallest absolute Gasteiger partial charge is 0.191 e. The Morgan fingerprint density at radius 1 is 1.21 bits per heavy atom. The minimum atomic E-state index is 0. The molecule has 0 bridgehead atoms. The van der Waals surface area contributed by atoms with E-state index in [2.05, 4.69) is 71.0 Å². The van der Waals surface area contributed by atoms with Crippen LogP contribution in [0.2, 0.25) is 0 Å². The zero-order valence-electron chi connectivity index (χ0n) is 14.8. The van der Waals surface area contributed by atoms with Gasteiger partial charge in [-0.05, 0) is 12.5 Å². The highest BCUT2D eigenvalue weighted by Gasteiger charge is 2.06. The molecular weight excluding hydrogens is 431 g/mol. The second kappa shape index (κ2) is 10.7. The van der Waals surface area contributed by atoms with Crippen LogP contribution in [0, 0.1) is 6.92 Å². The number of aryl methyl sites for hydroxylation is 1. The van der Waals surface area contributed by atoms with Gasteiger partial charge < -0.3 is 10.6 Å². The number of thiazole rings is 1. The first kappa shape index (κ1) is 20.9. The second-order valence-electron chi connectivity index (χ2n) is 5.92. The van der Waals surface area contributed by atoms with E-state index in [0.717, 1.165) is 31.2 Å². The van der Waals surface area contributed by atoms with Gasteiger partial charge in [-0.2, -0.15) is 0 Å². The lowest BCUT2D eigenvalue weighted by molar-refractivity contribution is 0.777. The molecular formula is C18H27IN4S. The topological polar surface area (TPSA) is 49.3 Å². The minimum absolute atomic E-state index is 0. The Kier molecular flexibility index (Phi) is 9.28. The number of aliphatic imine (C=N–C) groups is 1. The molecule has 132 valence electrons. The Balaban J connectivity index is 0.00000288. The molecule has 1 aromatic heterocycles. The van der Waals surface area contributed by atoms with E-state index in [-0.39, 0.29) is 24.0 Å². The molecule has 0 saturated heterocycles. The third-order valence-corrected chi connectivity index (χ3v) is 4.74. The third-order valence-electron chi connectivity index (χ3n) is 3.54. The van der Waals surface area contributed by atoms with Gasteiger partial charge in [-0.1, -0.05) is 43.7 Å². The molecule has 0 aliphatic rings. The van der Waals surface area contributed by atoms with Crippen LogP contribution in [0.4, 0.5) is 0 Å². The van der Waals surface area contributed by atoms with Crippen molar-refractivity contribution < 1.29 is 0 Å². The second-order valence-corrected chi connectivity index (χ2v) is 6.81. The third kappa shape index (κ3) is 6.76. The van der Waals surface area contributed by atoms with E-state index >= 15 is 0 Å². The normalized spacial score (nSPS) is 11.3. The summed E-state index contributed by atoms with van der Waals surface area (Å²) < 4.78 is 0. The SMILES string of the molecule is CN=C(NCCc1csc(C(C)C)n1)NCc1ccc(C)cc1.I. The highest BCUT2D eigenvalue weighted by molar-refractivity contribution is 14.0. The fraction of sp³-hybridized carbons (Fsp3) is 0.444. The maximum absolute atomic E-state index is 4.65. The molecule has 0 fully saturated rings. The van der Waals surface area contributed by atoms with Crippen molar-refractivity contribution in [1.29, 1.82) is 0 Å². The Morgan fingerprint density at radius 3 is 2.50 bits per heavy atom. The van der Waals surface area contributed by atoms with Crippen molar-refractivity contribution in [3.8, 4) is 0 Å². The highest BCUT2D eigenvalue weighted by atomic mass is 127. The van der Waals surface area contributed by atoms with E-state index in [1.54, 1.807) is 18.4 Å². The first-order valence-corrected chi connectivity index (χ1v) is 8.91. The fourth-order valence-corrected chi connectivity index (χ4v) is 2.99. The molecule has 24 heavy (non-hydrogen) atoms. The summed E-state index contributed by atoms with van der Waals surface area (Å²) in [6.07, 6.45) is 0.911. The van der Waals surface area contributed by atoms with Crippen molar-refractivity contribution >= 4 is 41.3 Å². The lowest BCUT2D eigenvalue weighted by Crippen LogP contribution is -2.37. The van der Waals surface area contributed by atoms with Crippen molar-refractivity contribution in [1.82, 2.24) is 15.6 Å². The van der Waals surface area contributed by atoms with Crippen LogP contribution >= 0.6 is 35.3 Å². The van der Waals surface area contributed by atoms with E-state index < -0.39 is 0 Å². The van der Waals surface area contributed by atoms with Crippen molar-refractivity contribution in [3.05, 3.63) is 51.5 Å². The molecule has 1 aromatic carbocycles. The fourth-order valence-electron chi connectivity index (χ4n) is 2.12. The number of guanidine groups is 1. The maximum Gasteiger partial charge on any atom is 0.191 e. The molecule has 0 unspecified atom stereocenters. The lowest BCUT2D eigenvalue weighted by atomic mass is 10.1. The van der Waals surface area contributed by atoms with Gasteiger partial charge in [0.25, 0.3) is 0 Å². The number of nitrogens with one attached hydrogen (secondary N) is 2. The van der Waals surface area contributed by atoms with E-state index in [1.807, 2.05) is 0 Å². The Morgan fingerprint density at radius 2 is 1.92 bits per heavy atom. The number of halogens is 1. The summed E-state index contributed by atoms with van der Waals surface area (Å²) >= 11 is 1.75. The van der Waals surface area contributed by atoms with Gasteiger partial charge in [0.15, 0.2) is 5.96 Å². The van der Waals surface area contributed by atoms with Crippen LogP contribution < -0.4 is 10.6 Å². The van der Waals surface area contributed by atoms with Crippen molar-refractivity contribution in [3.63, 3.8) is 0 Å². The molecule has 0 aliphatic heterocycles. The van der Waals surface area contributed by atoms with Crippen LogP contribution in [0.25, 0.3) is 0 Å². The van der Waals surface area contributed by atoms with Gasteiger partial charge in [0.05, 0.1) is 10.7 Å². The minimum Gasteiger partial charge on any atom is -0.356 e. The summed E-state index contributed by atoms with van der Waals surface area (Å²) in [5.74, 6) is 1.33. The summed E-state index contributed by atoms with van der Waals surface area (Å²) in [6.45, 7) is 8.05. The predicted molar refractivity (Wildman–Crippen MR) is 115 cm³/mol. The van der Waals surface area contributed by atoms with Crippen LogP contribution in [0.1, 0.15) is 41.6 Å². The molecule has 2 N–H and O–H groups in total. The van der Waals surface area contributed by atoms with E-state index in [4.69, 9.17) is 0 Å². The first-order chi connectivity index (χ1) is 11.1. The molecule has 0 radical (unpaired) electrons. The summed E-state index contributed by atoms with van der Waals surface area (Å²) in [6, 6.07) is 8.53. The van der Waals surface area contributed by atoms with Gasteiger partial charge >= 0.3 is 0 Å². The van der Waals surface area contributed by atoms with Gasteiger partial charge in [0, 0.05) is 37.9 Å². The molecule has 2 aromatic rings. The maximum atomic E-state index is 4.65. The van der Waals surface area contributed by atoms with E-state index in [0.29, 0.717) is 5.92 Å². The highest BCUT2D eigenvalue weighted by Crippen LogP contribution is 2.19. The zero-order valence-corrected chi connectivity index (χ0v) is 17.9. The molecule has 4 nitrogen and oxygen atoms in total. The lowest BCUT2D eigenvalue weighted by Gasteiger charge is -2.11. The van der Waals surface area contributed by atoms with Crippen LogP contribution in [-0.4, -0.2) is 24.5 Å². The summed E-state index contributed by atoms with van der Waals surface area (Å²) in [5.41, 5.74) is 3.68. The monoisotopic (exact) mass is 458 g/mol. The zero-order chi connectivity index (χ0) is 16.7. The summed E-state index contributed by atoms with van der Waals surface area (Å²) in [7, 11) is 1.80. The average molecular weight is 458 g/mol. The molecule has 0 spiro atoms. The van der Waals surface area contributed by atoms with Gasteiger partial charge in [0.1, 0.15) is 0 Å². The molecule has 0 amide bonds. The average Bonchev–Trinajstić information content (AvgIpc) is 3.01. The van der Waals surface area contributed by atoms with Crippen LogP contribution in [-0.2, 0) is 13.0 Å². The number of benzene rings is 1. The summed E-state index contributed by atoms with van der Waals surface area (Å²) in [5, 5.41) is 10.0. The molecule has 0 saturated carbocycles. The van der Waals surface area contributed by atoms with E-state index in [1.165, 1.54) is 16.1 Å². The van der Waals surface area contributed by atoms with Gasteiger partial charge in [-0.25, -0.2) is 4.98 Å². The predicted octanol–water partition coefficient (Wildman–Crippen LogP) is 4.10. The van der Waals surface area contributed by atoms with Crippen LogP contribution in [0.15, 0.2) is 34.6 Å². The van der Waals surface area contributed by atoms with Gasteiger partial charge in [0.2, 0.25) is 0 Å². The quantitative estimate of drug-likeness (QED) is 0.389. The Labute approximate surface area is 166 Å². The first-order valence-electron chi connectivity index (χ1n) is 8.03. The largest absolute Gasteiger partial charge is 0.356 e. The Bertz CT molecular complexity index is 635. The number of aromatic nitrogens is 1. The van der Waals surface area contributed by atoms with Crippen molar-refractivity contribution in [2.45, 2.75) is 39.7 Å². The number of nitrogens with zero attached hydrogens (tertiary/aromatic N) is 2. The van der Waals surface area contributed by atoms with E-state index in [9.17, 15) is 0 Å². The van der Waals surface area contributed by atoms with Gasteiger partial charge in [-0.3, -0.25) is 4.99 Å². The molecule has 6 heteroatoms. The number of hydrogen-bond acceptors (Lipinski definition) is 3. The summed E-state index contributed by atoms with van der Waals surface area (Å²) in [4.78, 5) is 8.91. The molecule has 0 atom stereocenters. The molecule has 1 heterocycles. The van der Waals surface area contributed by atoms with Crippen molar-refractivity contribution in [2.75, 3.05) is 13.6 Å². The molecule has 2 rings (SSSR count).